The van der Waals surface area contributed by atoms with Crippen molar-refractivity contribution in [3.63, 3.8) is 0 Å². The molecule has 36 heavy (non-hydrogen) atoms. The molecule has 1 aliphatic rings. The van der Waals surface area contributed by atoms with Crippen LogP contribution in [0.4, 0.5) is 24.8 Å². The summed E-state index contributed by atoms with van der Waals surface area (Å²) in [4.78, 5) is 10.2. The fourth-order valence-electron chi connectivity index (χ4n) is 3.29. The number of benzene rings is 1. The molecule has 3 heterocycles. The van der Waals surface area contributed by atoms with Crippen LogP contribution in [0.5, 0.6) is 0 Å². The van der Waals surface area contributed by atoms with Gasteiger partial charge in [-0.2, -0.15) is 13.2 Å². The molecule has 3 aromatic heterocycles. The van der Waals surface area contributed by atoms with Crippen molar-refractivity contribution >= 4 is 42.8 Å². The Hall–Kier alpha value is -3.79. The number of fused-ring (bicyclic) bond motifs is 1. The van der Waals surface area contributed by atoms with Crippen molar-refractivity contribution < 1.29 is 34.5 Å². The summed E-state index contributed by atoms with van der Waals surface area (Å²) < 4.78 is 98.5. The van der Waals surface area contributed by atoms with E-state index < -0.39 is 37.9 Å². The van der Waals surface area contributed by atoms with Crippen molar-refractivity contribution in [2.45, 2.75) is 34.7 Å². The fraction of sp³-hybridized carbons (Fsp3) is 0.200. The summed E-state index contributed by atoms with van der Waals surface area (Å²) >= 11 is 0. The first kappa shape index (κ1) is 23.9. The van der Waals surface area contributed by atoms with E-state index in [-0.39, 0.29) is 27.1 Å². The van der Waals surface area contributed by atoms with Crippen LogP contribution in [-0.2, 0) is 26.2 Å². The SMILES string of the molecule is O=S(=O)(Nc1ccc(S(=O)(=O)Nc2nccc(C(F)(F)F)n2)cc1)c1cnc2onc(C3CC3)c2c1. The Kier molecular flexibility index (Phi) is 5.59. The van der Waals surface area contributed by atoms with Gasteiger partial charge in [0.05, 0.1) is 22.2 Å². The van der Waals surface area contributed by atoms with E-state index in [0.29, 0.717) is 17.1 Å². The molecule has 4 aromatic rings. The summed E-state index contributed by atoms with van der Waals surface area (Å²) in [6, 6.07) is 6.51. The number of aromatic nitrogens is 4. The van der Waals surface area contributed by atoms with E-state index >= 15 is 0 Å². The zero-order valence-electron chi connectivity index (χ0n) is 17.9. The molecule has 1 saturated carbocycles. The van der Waals surface area contributed by atoms with Gasteiger partial charge in [-0.05, 0) is 49.2 Å². The van der Waals surface area contributed by atoms with Crippen molar-refractivity contribution in [3.05, 3.63) is 60.2 Å². The van der Waals surface area contributed by atoms with Crippen LogP contribution < -0.4 is 9.44 Å². The number of hydrogen-bond donors (Lipinski definition) is 2. The first-order chi connectivity index (χ1) is 16.9. The maximum absolute atomic E-state index is 12.9. The van der Waals surface area contributed by atoms with E-state index in [2.05, 4.69) is 24.8 Å². The van der Waals surface area contributed by atoms with Gasteiger partial charge in [-0.25, -0.2) is 36.5 Å². The monoisotopic (exact) mass is 540 g/mol. The van der Waals surface area contributed by atoms with E-state index in [4.69, 9.17) is 4.52 Å². The highest BCUT2D eigenvalue weighted by Gasteiger charge is 2.33. The molecular weight excluding hydrogens is 525 g/mol. The van der Waals surface area contributed by atoms with Crippen molar-refractivity contribution in [2.75, 3.05) is 9.44 Å². The van der Waals surface area contributed by atoms with Gasteiger partial charge in [-0.1, -0.05) is 5.16 Å². The zero-order valence-corrected chi connectivity index (χ0v) is 19.5. The lowest BCUT2D eigenvalue weighted by Crippen LogP contribution is -2.17. The van der Waals surface area contributed by atoms with Gasteiger partial charge in [0.2, 0.25) is 5.95 Å². The van der Waals surface area contributed by atoms with Crippen LogP contribution in [0, 0.1) is 0 Å². The first-order valence-electron chi connectivity index (χ1n) is 10.2. The van der Waals surface area contributed by atoms with Gasteiger partial charge < -0.3 is 4.52 Å². The second-order valence-electron chi connectivity index (χ2n) is 7.86. The van der Waals surface area contributed by atoms with E-state index in [0.717, 1.165) is 37.4 Å². The quantitative estimate of drug-likeness (QED) is 0.358. The molecule has 11 nitrogen and oxygen atoms in total. The summed E-state index contributed by atoms with van der Waals surface area (Å²) in [5.74, 6) is -0.555. The molecule has 0 aliphatic heterocycles. The number of rotatable bonds is 7. The summed E-state index contributed by atoms with van der Waals surface area (Å²) in [5, 5.41) is 4.47. The van der Waals surface area contributed by atoms with Crippen LogP contribution in [0.3, 0.4) is 0 Å². The average Bonchev–Trinajstić information content (AvgIpc) is 3.57. The third kappa shape index (κ3) is 4.81. The van der Waals surface area contributed by atoms with Gasteiger partial charge in [0.1, 0.15) is 10.6 Å². The summed E-state index contributed by atoms with van der Waals surface area (Å²) in [6.45, 7) is 0. The van der Waals surface area contributed by atoms with Gasteiger partial charge in [-0.15, -0.1) is 0 Å². The van der Waals surface area contributed by atoms with Crippen molar-refractivity contribution in [1.29, 1.82) is 0 Å². The maximum Gasteiger partial charge on any atom is 0.433 e. The van der Waals surface area contributed by atoms with Crippen LogP contribution in [0.1, 0.15) is 30.1 Å². The maximum atomic E-state index is 12.9. The Morgan fingerprint density at radius 2 is 1.61 bits per heavy atom. The number of alkyl halides is 3. The normalized spacial score (nSPS) is 14.6. The lowest BCUT2D eigenvalue weighted by molar-refractivity contribution is -0.141. The molecule has 0 saturated heterocycles. The lowest BCUT2D eigenvalue weighted by atomic mass is 10.2. The topological polar surface area (TPSA) is 157 Å². The minimum atomic E-state index is -4.78. The number of hydrogen-bond acceptors (Lipinski definition) is 9. The minimum absolute atomic E-state index is 0.0390. The van der Waals surface area contributed by atoms with Crippen molar-refractivity contribution in [3.8, 4) is 0 Å². The second-order valence-corrected chi connectivity index (χ2v) is 11.2. The molecule has 0 atom stereocenters. The predicted octanol–water partition coefficient (Wildman–Crippen LogP) is 3.51. The average molecular weight is 541 g/mol. The largest absolute Gasteiger partial charge is 0.433 e. The summed E-state index contributed by atoms with van der Waals surface area (Å²) in [6.07, 6.45) is -1.04. The lowest BCUT2D eigenvalue weighted by Gasteiger charge is -2.11. The standard InChI is InChI=1S/C20H15F3N6O5S2/c21-20(22,23)16-7-8-24-19(26-16)29-35(30,31)13-5-3-12(4-6-13)28-36(32,33)14-9-15-17(11-1-2-11)27-34-18(15)25-10-14/h3-11,28H,1-2H2,(H,24,26,29). The molecule has 2 N–H and O–H groups in total. The van der Waals surface area contributed by atoms with Gasteiger partial charge >= 0.3 is 6.18 Å². The first-order valence-corrected chi connectivity index (χ1v) is 13.2. The Morgan fingerprint density at radius 1 is 0.917 bits per heavy atom. The Morgan fingerprint density at radius 3 is 2.28 bits per heavy atom. The van der Waals surface area contributed by atoms with Crippen LogP contribution in [0.2, 0.25) is 0 Å². The van der Waals surface area contributed by atoms with Gasteiger partial charge in [0, 0.05) is 17.8 Å². The molecule has 0 radical (unpaired) electrons. The third-order valence-corrected chi connectivity index (χ3v) is 7.89. The summed E-state index contributed by atoms with van der Waals surface area (Å²) in [7, 11) is -8.45. The molecule has 5 rings (SSSR count). The number of anilines is 2. The van der Waals surface area contributed by atoms with Gasteiger partial charge in [0.15, 0.2) is 0 Å². The molecule has 188 valence electrons. The molecule has 0 unspecified atom stereocenters. The predicted molar refractivity (Wildman–Crippen MR) is 119 cm³/mol. The number of halogens is 3. The van der Waals surface area contributed by atoms with Gasteiger partial charge in [0.25, 0.3) is 25.8 Å². The van der Waals surface area contributed by atoms with E-state index in [9.17, 15) is 30.0 Å². The molecule has 0 bridgehead atoms. The number of nitrogens with one attached hydrogen (secondary N) is 2. The Bertz CT molecular complexity index is 1670. The number of pyridine rings is 1. The summed E-state index contributed by atoms with van der Waals surface area (Å²) in [5.41, 5.74) is -0.399. The smallest absolute Gasteiger partial charge is 0.336 e. The zero-order chi connectivity index (χ0) is 25.7. The Balaban J connectivity index is 1.34. The molecular formula is C20H15F3N6O5S2. The van der Waals surface area contributed by atoms with Crippen molar-refractivity contribution in [1.82, 2.24) is 20.1 Å². The van der Waals surface area contributed by atoms with Crippen LogP contribution in [0.15, 0.2) is 63.1 Å². The van der Waals surface area contributed by atoms with E-state index in [1.165, 1.54) is 18.2 Å². The van der Waals surface area contributed by atoms with Crippen LogP contribution >= 0.6 is 0 Å². The highest BCUT2D eigenvalue weighted by Crippen LogP contribution is 2.42. The number of sulfonamides is 2. The highest BCUT2D eigenvalue weighted by atomic mass is 32.2. The second kappa shape index (κ2) is 8.41. The highest BCUT2D eigenvalue weighted by molar-refractivity contribution is 7.93. The van der Waals surface area contributed by atoms with Crippen LogP contribution in [0.25, 0.3) is 11.1 Å². The molecule has 0 spiro atoms. The van der Waals surface area contributed by atoms with Crippen LogP contribution in [-0.4, -0.2) is 36.9 Å². The fourth-order valence-corrected chi connectivity index (χ4v) is 5.27. The van der Waals surface area contributed by atoms with Gasteiger partial charge in [-0.3, -0.25) is 4.72 Å². The van der Waals surface area contributed by atoms with E-state index in [1.807, 2.05) is 4.72 Å². The molecule has 16 heteroatoms. The molecule has 0 amide bonds. The molecule has 1 aliphatic carbocycles. The third-order valence-electron chi connectivity index (χ3n) is 5.20. The minimum Gasteiger partial charge on any atom is -0.336 e. The van der Waals surface area contributed by atoms with E-state index in [1.54, 1.807) is 0 Å². The number of nitrogens with zero attached hydrogens (tertiary/aromatic N) is 4. The Labute approximate surface area is 201 Å². The molecule has 1 fully saturated rings. The van der Waals surface area contributed by atoms with Crippen molar-refractivity contribution in [2.24, 2.45) is 0 Å². The molecule has 1 aromatic carbocycles.